The number of nitrogens with zero attached hydrogens (tertiary/aromatic N) is 2. The van der Waals surface area contributed by atoms with E-state index < -0.39 is 0 Å². The molecule has 2 aromatic carbocycles. The molecule has 0 radical (unpaired) electrons. The van der Waals surface area contributed by atoms with Crippen LogP contribution in [0.25, 0.3) is 0 Å². The van der Waals surface area contributed by atoms with Gasteiger partial charge in [0.05, 0.1) is 0 Å². The molecule has 28 heavy (non-hydrogen) atoms. The second kappa shape index (κ2) is 9.99. The van der Waals surface area contributed by atoms with Crippen molar-refractivity contribution in [3.05, 3.63) is 58.6 Å². The largest absolute Gasteiger partial charge is 0.378 e. The first-order valence-electron chi connectivity index (χ1n) is 9.08. The summed E-state index contributed by atoms with van der Waals surface area (Å²) in [6.45, 7) is 2.60. The molecule has 3 amide bonds. The van der Waals surface area contributed by atoms with Crippen molar-refractivity contribution < 1.29 is 9.59 Å². The lowest BCUT2D eigenvalue weighted by Gasteiger charge is -2.19. The fourth-order valence-electron chi connectivity index (χ4n) is 2.62. The first-order chi connectivity index (χ1) is 13.3. The van der Waals surface area contributed by atoms with Crippen molar-refractivity contribution in [2.75, 3.05) is 37.9 Å². The lowest BCUT2D eigenvalue weighted by atomic mass is 10.2. The van der Waals surface area contributed by atoms with Crippen molar-refractivity contribution >= 4 is 34.9 Å². The molecule has 6 nitrogen and oxygen atoms in total. The van der Waals surface area contributed by atoms with E-state index >= 15 is 0 Å². The summed E-state index contributed by atoms with van der Waals surface area (Å²) >= 11 is 6.05. The van der Waals surface area contributed by atoms with E-state index in [0.29, 0.717) is 17.3 Å². The molecule has 0 fully saturated rings. The zero-order chi connectivity index (χ0) is 20.7. The van der Waals surface area contributed by atoms with Gasteiger partial charge in [-0.15, -0.1) is 0 Å². The SMILES string of the molecule is Cc1c(Cl)cccc1NC(=O)CCNC(=O)N(C)Cc1ccc(N(C)C)cc1. The molecule has 7 heteroatoms. The van der Waals surface area contributed by atoms with Crippen molar-refractivity contribution in [1.82, 2.24) is 10.2 Å². The summed E-state index contributed by atoms with van der Waals surface area (Å²) in [5.41, 5.74) is 3.65. The Bertz CT molecular complexity index is 822. The summed E-state index contributed by atoms with van der Waals surface area (Å²) in [6, 6.07) is 13.2. The zero-order valence-corrected chi connectivity index (χ0v) is 17.5. The van der Waals surface area contributed by atoms with E-state index in [1.54, 1.807) is 30.1 Å². The lowest BCUT2D eigenvalue weighted by Crippen LogP contribution is -2.38. The number of amides is 3. The van der Waals surface area contributed by atoms with E-state index in [1.165, 1.54) is 0 Å². The van der Waals surface area contributed by atoms with Crippen LogP contribution in [0.1, 0.15) is 17.5 Å². The Morgan fingerprint density at radius 2 is 1.71 bits per heavy atom. The minimum atomic E-state index is -0.219. The number of urea groups is 1. The van der Waals surface area contributed by atoms with Crippen LogP contribution < -0.4 is 15.5 Å². The molecular weight excluding hydrogens is 376 g/mol. The molecule has 0 saturated heterocycles. The number of carbonyl (C=O) groups is 2. The molecule has 0 aliphatic rings. The third-order valence-corrected chi connectivity index (χ3v) is 4.80. The van der Waals surface area contributed by atoms with E-state index in [1.807, 2.05) is 50.2 Å². The second-order valence-corrected chi connectivity index (χ2v) is 7.27. The highest BCUT2D eigenvalue weighted by Gasteiger charge is 2.11. The first kappa shape index (κ1) is 21.6. The monoisotopic (exact) mass is 402 g/mol. The predicted molar refractivity (Wildman–Crippen MR) is 115 cm³/mol. The van der Waals surface area contributed by atoms with Gasteiger partial charge in [0, 0.05) is 57.1 Å². The molecule has 2 N–H and O–H groups in total. The average molecular weight is 403 g/mol. The van der Waals surface area contributed by atoms with Crippen LogP contribution in [-0.2, 0) is 11.3 Å². The lowest BCUT2D eigenvalue weighted by molar-refractivity contribution is -0.116. The first-order valence-corrected chi connectivity index (χ1v) is 9.46. The fraction of sp³-hybridized carbons (Fsp3) is 0.333. The topological polar surface area (TPSA) is 64.7 Å². The van der Waals surface area contributed by atoms with Crippen LogP contribution in [0.2, 0.25) is 5.02 Å². The number of anilines is 2. The molecule has 0 aromatic heterocycles. The summed E-state index contributed by atoms with van der Waals surface area (Å²) in [7, 11) is 5.70. The normalized spacial score (nSPS) is 10.3. The summed E-state index contributed by atoms with van der Waals surface area (Å²) in [5, 5.41) is 6.19. The molecule has 0 heterocycles. The summed E-state index contributed by atoms with van der Waals surface area (Å²) in [5.74, 6) is -0.174. The van der Waals surface area contributed by atoms with Gasteiger partial charge in [-0.1, -0.05) is 29.8 Å². The highest BCUT2D eigenvalue weighted by molar-refractivity contribution is 6.31. The zero-order valence-electron chi connectivity index (χ0n) is 16.8. The Balaban J connectivity index is 1.76. The van der Waals surface area contributed by atoms with Crippen molar-refractivity contribution in [2.24, 2.45) is 0 Å². The van der Waals surface area contributed by atoms with Crippen LogP contribution >= 0.6 is 11.6 Å². The molecule has 150 valence electrons. The van der Waals surface area contributed by atoms with Crippen LogP contribution in [0.5, 0.6) is 0 Å². The van der Waals surface area contributed by atoms with Crippen LogP contribution in [0, 0.1) is 6.92 Å². The van der Waals surface area contributed by atoms with E-state index in [9.17, 15) is 9.59 Å². The molecule has 2 aromatic rings. The van der Waals surface area contributed by atoms with E-state index in [4.69, 9.17) is 11.6 Å². The number of hydrogen-bond donors (Lipinski definition) is 2. The molecular formula is C21H27ClN4O2. The quantitative estimate of drug-likeness (QED) is 0.738. The van der Waals surface area contributed by atoms with Crippen molar-refractivity contribution in [3.63, 3.8) is 0 Å². The van der Waals surface area contributed by atoms with Gasteiger partial charge in [-0.2, -0.15) is 0 Å². The Hall–Kier alpha value is -2.73. The van der Waals surface area contributed by atoms with Crippen molar-refractivity contribution in [3.8, 4) is 0 Å². The molecule has 0 aliphatic carbocycles. The number of hydrogen-bond acceptors (Lipinski definition) is 3. The standard InChI is InChI=1S/C21H27ClN4O2/c1-15-18(22)6-5-7-19(15)24-20(27)12-13-23-21(28)26(4)14-16-8-10-17(11-9-16)25(2)3/h5-11H,12-14H2,1-4H3,(H,23,28)(H,24,27). The van der Waals surface area contributed by atoms with Gasteiger partial charge < -0.3 is 20.4 Å². The Morgan fingerprint density at radius 1 is 1.04 bits per heavy atom. The Morgan fingerprint density at radius 3 is 2.36 bits per heavy atom. The van der Waals surface area contributed by atoms with Gasteiger partial charge in [0.1, 0.15) is 0 Å². The maximum absolute atomic E-state index is 12.2. The number of halogens is 1. The molecule has 0 spiro atoms. The van der Waals surface area contributed by atoms with E-state index in [0.717, 1.165) is 16.8 Å². The number of benzene rings is 2. The van der Waals surface area contributed by atoms with Crippen molar-refractivity contribution in [1.29, 1.82) is 0 Å². The molecule has 2 rings (SSSR count). The Kier molecular flexibility index (Phi) is 7.70. The molecule has 0 atom stereocenters. The van der Waals surface area contributed by atoms with Gasteiger partial charge in [0.25, 0.3) is 0 Å². The van der Waals surface area contributed by atoms with E-state index in [2.05, 4.69) is 10.6 Å². The maximum atomic E-state index is 12.2. The minimum absolute atomic E-state index is 0.174. The predicted octanol–water partition coefficient (Wildman–Crippen LogP) is 3.88. The van der Waals surface area contributed by atoms with Crippen LogP contribution in [0.15, 0.2) is 42.5 Å². The highest BCUT2D eigenvalue weighted by atomic mass is 35.5. The van der Waals surface area contributed by atoms with Crippen LogP contribution in [0.3, 0.4) is 0 Å². The smallest absolute Gasteiger partial charge is 0.317 e. The van der Waals surface area contributed by atoms with Gasteiger partial charge in [0.15, 0.2) is 0 Å². The van der Waals surface area contributed by atoms with Gasteiger partial charge in [-0.05, 0) is 42.3 Å². The van der Waals surface area contributed by atoms with Gasteiger partial charge >= 0.3 is 6.03 Å². The van der Waals surface area contributed by atoms with Crippen molar-refractivity contribution in [2.45, 2.75) is 19.9 Å². The molecule has 0 bridgehead atoms. The number of nitrogens with one attached hydrogen (secondary N) is 2. The fourth-order valence-corrected chi connectivity index (χ4v) is 2.79. The summed E-state index contributed by atoms with van der Waals surface area (Å²) in [4.78, 5) is 27.9. The van der Waals surface area contributed by atoms with Gasteiger partial charge in [-0.25, -0.2) is 4.79 Å². The van der Waals surface area contributed by atoms with E-state index in [-0.39, 0.29) is 24.9 Å². The highest BCUT2D eigenvalue weighted by Crippen LogP contribution is 2.22. The molecule has 0 aliphatic heterocycles. The minimum Gasteiger partial charge on any atom is -0.378 e. The maximum Gasteiger partial charge on any atom is 0.317 e. The molecule has 0 unspecified atom stereocenters. The average Bonchev–Trinajstić information content (AvgIpc) is 2.65. The second-order valence-electron chi connectivity index (χ2n) is 6.86. The van der Waals surface area contributed by atoms with Gasteiger partial charge in [0.2, 0.25) is 5.91 Å². The Labute approximate surface area is 171 Å². The van der Waals surface area contributed by atoms with Crippen LogP contribution in [-0.4, -0.2) is 44.5 Å². The third-order valence-electron chi connectivity index (χ3n) is 4.39. The number of carbonyl (C=O) groups excluding carboxylic acids is 2. The molecule has 0 saturated carbocycles. The summed E-state index contributed by atoms with van der Waals surface area (Å²) in [6.07, 6.45) is 0.184. The van der Waals surface area contributed by atoms with Gasteiger partial charge in [-0.3, -0.25) is 4.79 Å². The third kappa shape index (κ3) is 6.16. The summed E-state index contributed by atoms with van der Waals surface area (Å²) < 4.78 is 0. The van der Waals surface area contributed by atoms with Crippen LogP contribution in [0.4, 0.5) is 16.2 Å². The number of rotatable bonds is 7.